The van der Waals surface area contributed by atoms with E-state index in [0.717, 1.165) is 0 Å². The van der Waals surface area contributed by atoms with E-state index in [9.17, 15) is 4.79 Å². The lowest BCUT2D eigenvalue weighted by Crippen LogP contribution is -2.12. The van der Waals surface area contributed by atoms with Gasteiger partial charge in [0.2, 0.25) is 0 Å². The van der Waals surface area contributed by atoms with Crippen molar-refractivity contribution in [2.45, 2.75) is 0 Å². The van der Waals surface area contributed by atoms with Crippen LogP contribution < -0.4 is 5.48 Å². The van der Waals surface area contributed by atoms with Crippen molar-refractivity contribution in [3.05, 3.63) is 0 Å². The molecule has 0 spiro atoms. The molecule has 0 saturated heterocycles. The van der Waals surface area contributed by atoms with Crippen LogP contribution in [0.5, 0.6) is 0 Å². The minimum absolute atomic E-state index is 0.838. The molecule has 0 aromatic carbocycles. The summed E-state index contributed by atoms with van der Waals surface area (Å²) in [7, 11) is 0. The molecule has 6 heavy (non-hydrogen) atoms. The number of carbonyl (C=O) groups excluding carboxylic acids is 1. The molecule has 0 radical (unpaired) electrons. The van der Waals surface area contributed by atoms with E-state index in [1.807, 2.05) is 0 Å². The minimum Gasteiger partial charge on any atom is -0.287 e. The third-order valence-electron chi connectivity index (χ3n) is 0.239. The highest BCUT2D eigenvalue weighted by Gasteiger charge is 1.82. The van der Waals surface area contributed by atoms with Crippen LogP contribution in [0.15, 0.2) is 4.99 Å². The molecule has 0 bridgehead atoms. The molecule has 34 valence electrons. The van der Waals surface area contributed by atoms with Gasteiger partial charge in [0.25, 0.3) is 0 Å². The van der Waals surface area contributed by atoms with Crippen molar-refractivity contribution in [3.8, 4) is 0 Å². The van der Waals surface area contributed by atoms with E-state index >= 15 is 0 Å². The highest BCUT2D eigenvalue weighted by atomic mass is 16.5. The predicted octanol–water partition coefficient (Wildman–Crippen LogP) is -0.214. The number of nitrogens with one attached hydrogen (secondary N) is 1. The molecule has 0 aliphatic rings. The van der Waals surface area contributed by atoms with Gasteiger partial charge in [-0.25, -0.2) is 15.3 Å². The van der Waals surface area contributed by atoms with Gasteiger partial charge in [0.1, 0.15) is 0 Å². The Morgan fingerprint density at radius 2 is 2.50 bits per heavy atom. The van der Waals surface area contributed by atoms with Crippen molar-refractivity contribution < 1.29 is 10.0 Å². The summed E-state index contributed by atoms with van der Waals surface area (Å²) in [4.78, 5) is 12.3. The van der Waals surface area contributed by atoms with Gasteiger partial charge < -0.3 is 0 Å². The zero-order chi connectivity index (χ0) is 4.99. The van der Waals surface area contributed by atoms with Crippen molar-refractivity contribution >= 4 is 12.7 Å². The lowest BCUT2D eigenvalue weighted by Gasteiger charge is -1.80. The zero-order valence-electron chi connectivity index (χ0n) is 3.01. The quantitative estimate of drug-likeness (QED) is 0.244. The average Bonchev–Trinajstić information content (AvgIpc) is 1.65. The smallest absolute Gasteiger partial charge is 0.287 e. The van der Waals surface area contributed by atoms with E-state index in [-0.39, 0.29) is 0 Å². The van der Waals surface area contributed by atoms with Gasteiger partial charge >= 0.3 is 6.03 Å². The van der Waals surface area contributed by atoms with E-state index < -0.39 is 6.03 Å². The van der Waals surface area contributed by atoms with Gasteiger partial charge in [0.05, 0.1) is 0 Å². The van der Waals surface area contributed by atoms with Crippen molar-refractivity contribution in [3.63, 3.8) is 0 Å². The summed E-state index contributed by atoms with van der Waals surface area (Å²) < 4.78 is 0. The van der Waals surface area contributed by atoms with Crippen LogP contribution in [0.25, 0.3) is 0 Å². The Kier molecular flexibility index (Phi) is 1.99. The molecule has 0 fully saturated rings. The number of hydrogen-bond donors (Lipinski definition) is 2. The first-order valence-electron chi connectivity index (χ1n) is 1.22. The molecule has 0 saturated carbocycles. The van der Waals surface area contributed by atoms with E-state index in [1.165, 1.54) is 5.48 Å². The molecule has 0 atom stereocenters. The fourth-order valence-electron chi connectivity index (χ4n) is 0.0354. The van der Waals surface area contributed by atoms with Crippen LogP contribution in [0.3, 0.4) is 0 Å². The Morgan fingerprint density at radius 1 is 2.00 bits per heavy atom. The van der Waals surface area contributed by atoms with Crippen LogP contribution >= 0.6 is 0 Å². The second kappa shape index (κ2) is 2.34. The monoisotopic (exact) mass is 88.0 g/mol. The normalized spacial score (nSPS) is 6.83. The molecule has 4 nitrogen and oxygen atoms in total. The molecule has 0 rings (SSSR count). The Balaban J connectivity index is 3.23. The van der Waals surface area contributed by atoms with Crippen LogP contribution in [0.2, 0.25) is 0 Å². The van der Waals surface area contributed by atoms with Crippen LogP contribution in [0.4, 0.5) is 4.79 Å². The fraction of sp³-hybridized carbons (Fsp3) is 0. The van der Waals surface area contributed by atoms with Crippen molar-refractivity contribution in [2.24, 2.45) is 4.99 Å². The first-order valence-corrected chi connectivity index (χ1v) is 1.22. The third-order valence-corrected chi connectivity index (χ3v) is 0.239. The molecule has 0 aliphatic carbocycles. The molecule has 0 aromatic heterocycles. The van der Waals surface area contributed by atoms with Gasteiger partial charge in [-0.3, -0.25) is 5.21 Å². The molecule has 4 heteroatoms. The van der Waals surface area contributed by atoms with Crippen LogP contribution in [0.1, 0.15) is 0 Å². The van der Waals surface area contributed by atoms with Gasteiger partial charge in [-0.05, 0) is 6.72 Å². The summed E-state index contributed by atoms with van der Waals surface area (Å²) in [6.45, 7) is 2.81. The third kappa shape index (κ3) is 1.42. The number of hydroxylamine groups is 1. The van der Waals surface area contributed by atoms with Crippen molar-refractivity contribution in [1.29, 1.82) is 0 Å². The summed E-state index contributed by atoms with van der Waals surface area (Å²) >= 11 is 0. The van der Waals surface area contributed by atoms with Crippen LogP contribution in [0, 0.1) is 0 Å². The summed E-state index contributed by atoms with van der Waals surface area (Å²) in [6.07, 6.45) is 0. The average molecular weight is 88.1 g/mol. The van der Waals surface area contributed by atoms with Crippen LogP contribution in [-0.4, -0.2) is 18.0 Å². The lowest BCUT2D eigenvalue weighted by molar-refractivity contribution is 0.169. The largest absolute Gasteiger partial charge is 0.363 e. The number of amides is 2. The number of rotatable bonds is 0. The van der Waals surface area contributed by atoms with Crippen molar-refractivity contribution in [2.75, 3.05) is 0 Å². The summed E-state index contributed by atoms with van der Waals surface area (Å²) in [5.41, 5.74) is 1.25. The zero-order valence-corrected chi connectivity index (χ0v) is 3.01. The number of aliphatic imine (C=N–C) groups is 1. The fourth-order valence-corrected chi connectivity index (χ4v) is 0.0354. The topological polar surface area (TPSA) is 61.7 Å². The Morgan fingerprint density at radius 3 is 2.50 bits per heavy atom. The van der Waals surface area contributed by atoms with Gasteiger partial charge in [-0.2, -0.15) is 0 Å². The predicted molar refractivity (Wildman–Crippen MR) is 19.9 cm³/mol. The Labute approximate surface area is 34.5 Å². The maximum atomic E-state index is 9.59. The first-order chi connectivity index (χ1) is 2.81. The van der Waals surface area contributed by atoms with E-state index in [1.54, 1.807) is 0 Å². The number of nitrogens with zero attached hydrogens (tertiary/aromatic N) is 1. The van der Waals surface area contributed by atoms with Crippen LogP contribution in [-0.2, 0) is 0 Å². The molecule has 0 unspecified atom stereocenters. The van der Waals surface area contributed by atoms with Gasteiger partial charge in [-0.1, -0.05) is 0 Å². The molecule has 0 aromatic rings. The molecule has 2 N–H and O–H groups in total. The molecule has 0 aliphatic heterocycles. The van der Waals surface area contributed by atoms with Crippen molar-refractivity contribution in [1.82, 2.24) is 5.48 Å². The maximum absolute atomic E-state index is 9.59. The van der Waals surface area contributed by atoms with Gasteiger partial charge in [0, 0.05) is 0 Å². The highest BCUT2D eigenvalue weighted by molar-refractivity contribution is 5.77. The Bertz CT molecular complexity index is 69.9. The molecule has 0 heterocycles. The second-order valence-electron chi connectivity index (χ2n) is 0.575. The summed E-state index contributed by atoms with van der Waals surface area (Å²) in [5.74, 6) is 0. The standard InChI is InChI=1S/C2H4N2O2/c1-3-2(5)4-6/h6H,1H2,(H,4,5). The minimum atomic E-state index is -0.838. The SMILES string of the molecule is C=NC(=O)NO. The second-order valence-corrected chi connectivity index (χ2v) is 0.575. The summed E-state index contributed by atoms with van der Waals surface area (Å²) in [5, 5.41) is 7.60. The van der Waals surface area contributed by atoms with E-state index in [2.05, 4.69) is 11.7 Å². The van der Waals surface area contributed by atoms with Gasteiger partial charge in [-0.15, -0.1) is 0 Å². The number of carbonyl (C=O) groups is 1. The summed E-state index contributed by atoms with van der Waals surface area (Å²) in [6, 6.07) is -0.838. The number of urea groups is 1. The molecular weight excluding hydrogens is 84.0 g/mol. The lowest BCUT2D eigenvalue weighted by atomic mass is 11.1. The Hall–Kier alpha value is -0.900. The van der Waals surface area contributed by atoms with E-state index in [4.69, 9.17) is 5.21 Å². The molecular formula is C2H4N2O2. The number of hydrogen-bond acceptors (Lipinski definition) is 2. The van der Waals surface area contributed by atoms with E-state index in [0.29, 0.717) is 0 Å². The highest BCUT2D eigenvalue weighted by Crippen LogP contribution is 1.60. The molecule has 2 amide bonds. The maximum Gasteiger partial charge on any atom is 0.363 e. The first kappa shape index (κ1) is 5.10. The van der Waals surface area contributed by atoms with Gasteiger partial charge in [0.15, 0.2) is 0 Å².